The van der Waals surface area contributed by atoms with Crippen LogP contribution < -0.4 is 16.4 Å². The third-order valence-corrected chi connectivity index (χ3v) is 4.95. The van der Waals surface area contributed by atoms with E-state index in [-0.39, 0.29) is 6.04 Å². The number of nitrogens with zero attached hydrogens (tertiary/aromatic N) is 1. The van der Waals surface area contributed by atoms with E-state index in [1.165, 1.54) is 5.56 Å². The number of nitrogen functional groups attached to an aromatic ring is 1. The zero-order valence-electron chi connectivity index (χ0n) is 17.1. The smallest absolute Gasteiger partial charge is 0.0485 e. The number of hydrogen-bond donors (Lipinski definition) is 3. The SMILES string of the molecule is C=CNCc1cc(C(=C)c2ccnc(C)c2)c(N)cc1NC(C)c1ccccc1. The molecule has 0 saturated carbocycles. The summed E-state index contributed by atoms with van der Waals surface area (Å²) in [6.07, 6.45) is 3.49. The molecule has 0 saturated heterocycles. The van der Waals surface area contributed by atoms with Crippen molar-refractivity contribution in [1.82, 2.24) is 10.3 Å². The molecule has 3 rings (SSSR count). The molecule has 4 N–H and O–H groups in total. The predicted molar refractivity (Wildman–Crippen MR) is 123 cm³/mol. The Hall–Kier alpha value is -3.53. The fourth-order valence-corrected chi connectivity index (χ4v) is 3.33. The molecular weight excluding hydrogens is 356 g/mol. The normalized spacial score (nSPS) is 11.5. The summed E-state index contributed by atoms with van der Waals surface area (Å²) >= 11 is 0. The number of aromatic nitrogens is 1. The fourth-order valence-electron chi connectivity index (χ4n) is 3.33. The number of nitrogens with one attached hydrogen (secondary N) is 2. The summed E-state index contributed by atoms with van der Waals surface area (Å²) in [6, 6.07) is 18.6. The Morgan fingerprint density at radius 3 is 2.62 bits per heavy atom. The highest BCUT2D eigenvalue weighted by Gasteiger charge is 2.14. The van der Waals surface area contributed by atoms with Gasteiger partial charge in [-0.25, -0.2) is 0 Å². The molecule has 4 nitrogen and oxygen atoms in total. The van der Waals surface area contributed by atoms with Gasteiger partial charge in [-0.3, -0.25) is 4.98 Å². The lowest BCUT2D eigenvalue weighted by atomic mass is 9.95. The number of pyridine rings is 1. The first-order valence-electron chi connectivity index (χ1n) is 9.70. The van der Waals surface area contributed by atoms with Gasteiger partial charge in [0, 0.05) is 41.4 Å². The van der Waals surface area contributed by atoms with Crippen molar-refractivity contribution in [2.24, 2.45) is 0 Å². The average molecular weight is 385 g/mol. The molecule has 1 heterocycles. The first kappa shape index (κ1) is 20.2. The monoisotopic (exact) mass is 384 g/mol. The van der Waals surface area contributed by atoms with Crippen molar-refractivity contribution in [2.45, 2.75) is 26.4 Å². The maximum atomic E-state index is 6.45. The van der Waals surface area contributed by atoms with Gasteiger partial charge in [0.1, 0.15) is 0 Å². The van der Waals surface area contributed by atoms with Gasteiger partial charge in [0.15, 0.2) is 0 Å². The van der Waals surface area contributed by atoms with Crippen LogP contribution in [0.25, 0.3) is 5.57 Å². The summed E-state index contributed by atoms with van der Waals surface area (Å²) in [6.45, 7) is 12.8. The van der Waals surface area contributed by atoms with Gasteiger partial charge in [0.2, 0.25) is 0 Å². The molecule has 0 amide bonds. The van der Waals surface area contributed by atoms with E-state index in [1.54, 1.807) is 12.4 Å². The summed E-state index contributed by atoms with van der Waals surface area (Å²) in [5.74, 6) is 0. The van der Waals surface area contributed by atoms with E-state index < -0.39 is 0 Å². The lowest BCUT2D eigenvalue weighted by molar-refractivity contribution is 0.848. The van der Waals surface area contributed by atoms with Crippen molar-refractivity contribution < 1.29 is 0 Å². The minimum Gasteiger partial charge on any atom is -0.398 e. The molecule has 0 aliphatic carbocycles. The second-order valence-corrected chi connectivity index (χ2v) is 7.12. The van der Waals surface area contributed by atoms with Crippen molar-refractivity contribution in [3.63, 3.8) is 0 Å². The molecule has 0 radical (unpaired) electrons. The number of benzene rings is 2. The highest BCUT2D eigenvalue weighted by molar-refractivity contribution is 5.86. The van der Waals surface area contributed by atoms with Crippen molar-refractivity contribution >= 4 is 16.9 Å². The van der Waals surface area contributed by atoms with Crippen LogP contribution >= 0.6 is 0 Å². The van der Waals surface area contributed by atoms with Crippen LogP contribution in [0.1, 0.15) is 40.9 Å². The molecule has 3 aromatic rings. The molecule has 0 aliphatic heterocycles. The highest BCUT2D eigenvalue weighted by Crippen LogP contribution is 2.33. The number of nitrogens with two attached hydrogens (primary N) is 1. The molecule has 148 valence electrons. The van der Waals surface area contributed by atoms with E-state index >= 15 is 0 Å². The van der Waals surface area contributed by atoms with Gasteiger partial charge < -0.3 is 16.4 Å². The maximum Gasteiger partial charge on any atom is 0.0485 e. The van der Waals surface area contributed by atoms with Gasteiger partial charge in [-0.15, -0.1) is 0 Å². The molecule has 1 atom stereocenters. The average Bonchev–Trinajstić information content (AvgIpc) is 2.73. The van der Waals surface area contributed by atoms with Gasteiger partial charge in [-0.2, -0.15) is 0 Å². The van der Waals surface area contributed by atoms with Crippen LogP contribution in [-0.4, -0.2) is 4.98 Å². The van der Waals surface area contributed by atoms with Crippen LogP contribution in [0.2, 0.25) is 0 Å². The van der Waals surface area contributed by atoms with Gasteiger partial charge in [0.05, 0.1) is 0 Å². The number of rotatable bonds is 8. The maximum absolute atomic E-state index is 6.45. The third-order valence-electron chi connectivity index (χ3n) is 4.95. The molecule has 2 aromatic carbocycles. The van der Waals surface area contributed by atoms with Crippen molar-refractivity contribution in [1.29, 1.82) is 0 Å². The van der Waals surface area contributed by atoms with E-state index in [0.29, 0.717) is 12.2 Å². The van der Waals surface area contributed by atoms with Crippen LogP contribution in [0.15, 0.2) is 80.2 Å². The van der Waals surface area contributed by atoms with E-state index in [2.05, 4.69) is 53.9 Å². The molecule has 1 aromatic heterocycles. The fraction of sp³-hybridized carbons (Fsp3) is 0.160. The summed E-state index contributed by atoms with van der Waals surface area (Å²) in [7, 11) is 0. The third kappa shape index (κ3) is 4.85. The van der Waals surface area contributed by atoms with Gasteiger partial charge in [0.25, 0.3) is 0 Å². The van der Waals surface area contributed by atoms with Crippen LogP contribution in [-0.2, 0) is 6.54 Å². The number of anilines is 2. The molecule has 4 heteroatoms. The Bertz CT molecular complexity index is 1010. The van der Waals surface area contributed by atoms with Crippen molar-refractivity contribution in [3.8, 4) is 0 Å². The lowest BCUT2D eigenvalue weighted by Gasteiger charge is -2.21. The Morgan fingerprint density at radius 2 is 1.93 bits per heavy atom. The molecule has 29 heavy (non-hydrogen) atoms. The van der Waals surface area contributed by atoms with Crippen LogP contribution in [0.3, 0.4) is 0 Å². The minimum absolute atomic E-state index is 0.148. The topological polar surface area (TPSA) is 63.0 Å². The molecule has 0 bridgehead atoms. The van der Waals surface area contributed by atoms with E-state index in [0.717, 1.165) is 33.6 Å². The largest absolute Gasteiger partial charge is 0.398 e. The lowest BCUT2D eigenvalue weighted by Crippen LogP contribution is -2.13. The van der Waals surface area contributed by atoms with Gasteiger partial charge >= 0.3 is 0 Å². The zero-order valence-corrected chi connectivity index (χ0v) is 17.1. The minimum atomic E-state index is 0.148. The van der Waals surface area contributed by atoms with Crippen molar-refractivity contribution in [3.05, 3.63) is 108 Å². The summed E-state index contributed by atoms with van der Waals surface area (Å²) in [5.41, 5.74) is 14.2. The highest BCUT2D eigenvalue weighted by atomic mass is 14.9. The molecule has 0 aliphatic rings. The standard InChI is InChI=1S/C25H28N4/c1-5-27-16-22-14-23(18(3)21-11-12-28-17(2)13-21)24(26)15-25(22)29-19(4)20-9-7-6-8-10-20/h5-15,19,27,29H,1,3,16,26H2,2,4H3. The van der Waals surface area contributed by atoms with Crippen LogP contribution in [0.5, 0.6) is 0 Å². The Kier molecular flexibility index (Phi) is 6.35. The second-order valence-electron chi connectivity index (χ2n) is 7.12. The molecule has 0 fully saturated rings. The van der Waals surface area contributed by atoms with Gasteiger partial charge in [-0.1, -0.05) is 43.5 Å². The van der Waals surface area contributed by atoms with Gasteiger partial charge in [-0.05, 0) is 66.6 Å². The molecule has 0 spiro atoms. The number of hydrogen-bond acceptors (Lipinski definition) is 4. The summed E-state index contributed by atoms with van der Waals surface area (Å²) < 4.78 is 0. The van der Waals surface area contributed by atoms with E-state index in [9.17, 15) is 0 Å². The summed E-state index contributed by atoms with van der Waals surface area (Å²) in [5, 5.41) is 6.79. The first-order valence-corrected chi connectivity index (χ1v) is 9.70. The van der Waals surface area contributed by atoms with Crippen LogP contribution in [0, 0.1) is 6.92 Å². The van der Waals surface area contributed by atoms with E-state index in [4.69, 9.17) is 5.73 Å². The predicted octanol–water partition coefficient (Wildman–Crippen LogP) is 5.44. The molecular formula is C25H28N4. The Morgan fingerprint density at radius 1 is 1.17 bits per heavy atom. The first-order chi connectivity index (χ1) is 14.0. The second kappa shape index (κ2) is 9.11. The van der Waals surface area contributed by atoms with Crippen LogP contribution in [0.4, 0.5) is 11.4 Å². The quantitative estimate of drug-likeness (QED) is 0.453. The van der Waals surface area contributed by atoms with E-state index in [1.807, 2.05) is 43.3 Å². The molecule has 1 unspecified atom stereocenters. The summed E-state index contributed by atoms with van der Waals surface area (Å²) in [4.78, 5) is 4.27. The number of aryl methyl sites for hydroxylation is 1. The zero-order chi connectivity index (χ0) is 20.8. The Balaban J connectivity index is 1.96. The Labute approximate surface area is 173 Å². The van der Waals surface area contributed by atoms with Crippen molar-refractivity contribution in [2.75, 3.05) is 11.1 Å².